The number of carboxylic acids is 1. The van der Waals surface area contributed by atoms with Gasteiger partial charge in [0.2, 0.25) is 0 Å². The molecule has 0 atom stereocenters. The number of hydrogen-bond donors (Lipinski definition) is 2. The van der Waals surface area contributed by atoms with Crippen LogP contribution >= 0.6 is 11.3 Å². The number of hydrogen-bond acceptors (Lipinski definition) is 3. The minimum Gasteiger partial charge on any atom is -0.478 e. The fourth-order valence-electron chi connectivity index (χ4n) is 1.23. The standard InChI is InChI=1S/C9H7NO2S/c10-7-4-6(9(11)12)3-5-1-2-13-8(5)7/h1-4H,10H2,(H,11,12). The largest absolute Gasteiger partial charge is 0.478 e. The molecule has 3 N–H and O–H groups in total. The van der Waals surface area contributed by atoms with Crippen molar-refractivity contribution < 1.29 is 9.90 Å². The first-order chi connectivity index (χ1) is 6.18. The molecule has 0 unspecified atom stereocenters. The Bertz CT molecular complexity index is 475. The SMILES string of the molecule is Nc1cc(C(=O)O)cc2ccsc12. The van der Waals surface area contributed by atoms with Crippen molar-refractivity contribution in [1.29, 1.82) is 0 Å². The fraction of sp³-hybridized carbons (Fsp3) is 0. The maximum atomic E-state index is 10.7. The van der Waals surface area contributed by atoms with Crippen LogP contribution in [0.4, 0.5) is 5.69 Å². The van der Waals surface area contributed by atoms with E-state index in [4.69, 9.17) is 10.8 Å². The molecule has 1 aromatic carbocycles. The lowest BCUT2D eigenvalue weighted by Gasteiger charge is -1.98. The number of rotatable bonds is 1. The molecule has 13 heavy (non-hydrogen) atoms. The number of carboxylic acid groups (broad SMARTS) is 1. The van der Waals surface area contributed by atoms with Gasteiger partial charge in [-0.1, -0.05) is 0 Å². The third-order valence-corrected chi connectivity index (χ3v) is 2.81. The molecular formula is C9H7NO2S. The molecule has 0 amide bonds. The molecule has 0 aliphatic heterocycles. The van der Waals surface area contributed by atoms with Gasteiger partial charge in [0.1, 0.15) is 0 Å². The van der Waals surface area contributed by atoms with Crippen molar-refractivity contribution in [3.05, 3.63) is 29.1 Å². The molecule has 1 heterocycles. The lowest BCUT2D eigenvalue weighted by atomic mass is 10.1. The lowest BCUT2D eigenvalue weighted by Crippen LogP contribution is -1.97. The summed E-state index contributed by atoms with van der Waals surface area (Å²) in [7, 11) is 0. The monoisotopic (exact) mass is 193 g/mol. The molecule has 2 aromatic rings. The van der Waals surface area contributed by atoms with E-state index in [0.29, 0.717) is 5.69 Å². The first kappa shape index (κ1) is 8.07. The Labute approximate surface area is 78.4 Å². The number of carbonyl (C=O) groups is 1. The Morgan fingerprint density at radius 2 is 2.23 bits per heavy atom. The molecule has 66 valence electrons. The van der Waals surface area contributed by atoms with Gasteiger partial charge in [0.05, 0.1) is 16.0 Å². The van der Waals surface area contributed by atoms with Crippen molar-refractivity contribution >= 4 is 33.1 Å². The molecule has 0 bridgehead atoms. The molecule has 3 nitrogen and oxygen atoms in total. The van der Waals surface area contributed by atoms with E-state index in [1.165, 1.54) is 17.4 Å². The van der Waals surface area contributed by atoms with Crippen LogP contribution in [0.3, 0.4) is 0 Å². The highest BCUT2D eigenvalue weighted by atomic mass is 32.1. The highest BCUT2D eigenvalue weighted by Gasteiger charge is 2.07. The molecule has 0 radical (unpaired) electrons. The van der Waals surface area contributed by atoms with Crippen molar-refractivity contribution in [2.45, 2.75) is 0 Å². The zero-order valence-corrected chi connectivity index (χ0v) is 7.47. The maximum absolute atomic E-state index is 10.7. The number of anilines is 1. The lowest BCUT2D eigenvalue weighted by molar-refractivity contribution is 0.0697. The van der Waals surface area contributed by atoms with Gasteiger partial charge in [-0.3, -0.25) is 0 Å². The smallest absolute Gasteiger partial charge is 0.335 e. The van der Waals surface area contributed by atoms with Gasteiger partial charge in [-0.05, 0) is 29.0 Å². The molecule has 0 aliphatic rings. The third kappa shape index (κ3) is 1.25. The summed E-state index contributed by atoms with van der Waals surface area (Å²) in [5.74, 6) is -0.945. The van der Waals surface area contributed by atoms with Crippen molar-refractivity contribution in [3.8, 4) is 0 Å². The Hall–Kier alpha value is -1.55. The summed E-state index contributed by atoms with van der Waals surface area (Å²) in [6.45, 7) is 0. The van der Waals surface area contributed by atoms with Gasteiger partial charge in [-0.25, -0.2) is 4.79 Å². The van der Waals surface area contributed by atoms with Gasteiger partial charge in [0.15, 0.2) is 0 Å². The molecular weight excluding hydrogens is 186 g/mol. The van der Waals surface area contributed by atoms with Gasteiger partial charge in [-0.2, -0.15) is 0 Å². The topological polar surface area (TPSA) is 63.3 Å². The second-order valence-electron chi connectivity index (χ2n) is 2.71. The minimum absolute atomic E-state index is 0.239. The van der Waals surface area contributed by atoms with Crippen LogP contribution < -0.4 is 5.73 Å². The average Bonchev–Trinajstić information content (AvgIpc) is 2.51. The van der Waals surface area contributed by atoms with Crippen molar-refractivity contribution in [2.24, 2.45) is 0 Å². The van der Waals surface area contributed by atoms with Crippen LogP contribution in [0.1, 0.15) is 10.4 Å². The highest BCUT2D eigenvalue weighted by Crippen LogP contribution is 2.28. The summed E-state index contributed by atoms with van der Waals surface area (Å²) < 4.78 is 0.949. The van der Waals surface area contributed by atoms with Gasteiger partial charge in [0.25, 0.3) is 0 Å². The van der Waals surface area contributed by atoms with Crippen molar-refractivity contribution in [3.63, 3.8) is 0 Å². The first-order valence-corrected chi connectivity index (χ1v) is 4.56. The Morgan fingerprint density at radius 3 is 2.92 bits per heavy atom. The molecule has 0 saturated carbocycles. The predicted molar refractivity (Wildman–Crippen MR) is 53.2 cm³/mol. The van der Waals surface area contributed by atoms with Crippen LogP contribution in [0.15, 0.2) is 23.6 Å². The zero-order chi connectivity index (χ0) is 9.42. The van der Waals surface area contributed by atoms with E-state index >= 15 is 0 Å². The van der Waals surface area contributed by atoms with Crippen LogP contribution in [0.25, 0.3) is 10.1 Å². The molecule has 0 aliphatic carbocycles. The van der Waals surface area contributed by atoms with E-state index in [9.17, 15) is 4.79 Å². The van der Waals surface area contributed by atoms with E-state index in [1.807, 2.05) is 11.4 Å². The van der Waals surface area contributed by atoms with Crippen LogP contribution in [0.5, 0.6) is 0 Å². The number of aromatic carboxylic acids is 1. The summed E-state index contributed by atoms with van der Waals surface area (Å²) in [4.78, 5) is 10.7. The average molecular weight is 193 g/mol. The summed E-state index contributed by atoms with van der Waals surface area (Å²) in [6.07, 6.45) is 0. The second kappa shape index (κ2) is 2.74. The molecule has 1 aromatic heterocycles. The number of fused-ring (bicyclic) bond motifs is 1. The Kier molecular flexibility index (Phi) is 1.70. The van der Waals surface area contributed by atoms with Gasteiger partial charge in [0, 0.05) is 0 Å². The molecule has 4 heteroatoms. The van der Waals surface area contributed by atoms with E-state index < -0.39 is 5.97 Å². The van der Waals surface area contributed by atoms with E-state index in [0.717, 1.165) is 10.1 Å². The van der Waals surface area contributed by atoms with Gasteiger partial charge >= 0.3 is 5.97 Å². The van der Waals surface area contributed by atoms with Crippen LogP contribution in [-0.4, -0.2) is 11.1 Å². The summed E-state index contributed by atoms with van der Waals surface area (Å²) in [5, 5.41) is 11.5. The summed E-state index contributed by atoms with van der Waals surface area (Å²) in [6, 6.07) is 4.98. The number of nitrogen functional groups attached to an aromatic ring is 1. The van der Waals surface area contributed by atoms with E-state index in [2.05, 4.69) is 0 Å². The normalized spacial score (nSPS) is 10.5. The number of thiophene rings is 1. The number of benzene rings is 1. The van der Waals surface area contributed by atoms with Gasteiger partial charge in [-0.15, -0.1) is 11.3 Å². The van der Waals surface area contributed by atoms with Crippen LogP contribution in [0, 0.1) is 0 Å². The second-order valence-corrected chi connectivity index (χ2v) is 3.63. The van der Waals surface area contributed by atoms with E-state index in [1.54, 1.807) is 6.07 Å². The Morgan fingerprint density at radius 1 is 1.46 bits per heavy atom. The predicted octanol–water partition coefficient (Wildman–Crippen LogP) is 2.18. The number of nitrogens with two attached hydrogens (primary N) is 1. The highest BCUT2D eigenvalue weighted by molar-refractivity contribution is 7.17. The van der Waals surface area contributed by atoms with Crippen LogP contribution in [-0.2, 0) is 0 Å². The minimum atomic E-state index is -0.945. The fourth-order valence-corrected chi connectivity index (χ4v) is 2.04. The first-order valence-electron chi connectivity index (χ1n) is 3.68. The zero-order valence-electron chi connectivity index (χ0n) is 6.65. The molecule has 0 spiro atoms. The molecule has 2 rings (SSSR count). The van der Waals surface area contributed by atoms with E-state index in [-0.39, 0.29) is 5.56 Å². The quantitative estimate of drug-likeness (QED) is 0.682. The van der Waals surface area contributed by atoms with Crippen molar-refractivity contribution in [2.75, 3.05) is 5.73 Å². The Balaban J connectivity index is 2.77. The van der Waals surface area contributed by atoms with Gasteiger partial charge < -0.3 is 10.8 Å². The summed E-state index contributed by atoms with van der Waals surface area (Å²) in [5.41, 5.74) is 6.46. The maximum Gasteiger partial charge on any atom is 0.335 e. The molecule has 0 saturated heterocycles. The summed E-state index contributed by atoms with van der Waals surface area (Å²) >= 11 is 1.52. The van der Waals surface area contributed by atoms with Crippen LogP contribution in [0.2, 0.25) is 0 Å². The molecule has 0 fully saturated rings. The third-order valence-electron chi connectivity index (χ3n) is 1.83. The van der Waals surface area contributed by atoms with Crippen molar-refractivity contribution in [1.82, 2.24) is 0 Å².